The van der Waals surface area contributed by atoms with E-state index in [1.165, 1.54) is 0 Å². The Labute approximate surface area is 132 Å². The monoisotopic (exact) mass is 315 g/mol. The molecule has 5 nitrogen and oxygen atoms in total. The van der Waals surface area contributed by atoms with Gasteiger partial charge in [-0.25, -0.2) is 9.97 Å². The Bertz CT molecular complexity index is 769. The second-order valence-corrected chi connectivity index (χ2v) is 5.87. The van der Waals surface area contributed by atoms with Gasteiger partial charge in [-0.1, -0.05) is 12.1 Å². The summed E-state index contributed by atoms with van der Waals surface area (Å²) in [5.74, 6) is 1.57. The highest BCUT2D eigenvalue weighted by Crippen LogP contribution is 2.36. The summed E-state index contributed by atoms with van der Waals surface area (Å²) in [5.41, 5.74) is 2.17. The van der Waals surface area contributed by atoms with Crippen LogP contribution in [0.3, 0.4) is 0 Å². The van der Waals surface area contributed by atoms with Gasteiger partial charge in [-0.15, -0.1) is 11.3 Å². The van der Waals surface area contributed by atoms with Crippen molar-refractivity contribution in [2.45, 2.75) is 13.0 Å². The summed E-state index contributed by atoms with van der Waals surface area (Å²) in [6.07, 6.45) is 1.11. The van der Waals surface area contributed by atoms with Crippen LogP contribution >= 0.6 is 11.3 Å². The molecule has 0 radical (unpaired) electrons. The second-order valence-electron chi connectivity index (χ2n) is 5.01. The van der Waals surface area contributed by atoms with E-state index in [0.717, 1.165) is 32.9 Å². The molecule has 0 amide bonds. The number of anilines is 1. The molecule has 0 saturated heterocycles. The van der Waals surface area contributed by atoms with Gasteiger partial charge in [0.1, 0.15) is 22.7 Å². The van der Waals surface area contributed by atoms with Crippen molar-refractivity contribution in [3.8, 4) is 16.9 Å². The molecule has 0 fully saturated rings. The molecule has 2 N–H and O–H groups in total. The average Bonchev–Trinajstić information content (AvgIpc) is 2.97. The molecular formula is C16H17N3O2S. The Morgan fingerprint density at radius 1 is 1.27 bits per heavy atom. The third-order valence-corrected chi connectivity index (χ3v) is 4.22. The number of fused-ring (bicyclic) bond motifs is 1. The molecule has 0 aliphatic rings. The lowest BCUT2D eigenvalue weighted by Crippen LogP contribution is -2.16. The van der Waals surface area contributed by atoms with Crippen molar-refractivity contribution in [3.05, 3.63) is 36.0 Å². The Morgan fingerprint density at radius 3 is 2.73 bits per heavy atom. The lowest BCUT2D eigenvalue weighted by Gasteiger charge is -2.10. The van der Waals surface area contributed by atoms with Crippen LogP contribution in [0.1, 0.15) is 6.92 Å². The molecule has 1 aromatic carbocycles. The first-order chi connectivity index (χ1) is 10.7. The summed E-state index contributed by atoms with van der Waals surface area (Å²) in [7, 11) is 1.65. The Kier molecular flexibility index (Phi) is 4.22. The number of aliphatic hydroxyl groups is 1. The van der Waals surface area contributed by atoms with Crippen LogP contribution in [0.2, 0.25) is 0 Å². The fourth-order valence-electron chi connectivity index (χ4n) is 2.24. The molecule has 3 rings (SSSR count). The van der Waals surface area contributed by atoms with Crippen molar-refractivity contribution in [2.24, 2.45) is 0 Å². The molecule has 0 spiro atoms. The zero-order chi connectivity index (χ0) is 15.5. The average molecular weight is 315 g/mol. The van der Waals surface area contributed by atoms with Gasteiger partial charge in [0.25, 0.3) is 0 Å². The summed E-state index contributed by atoms with van der Waals surface area (Å²) in [6, 6.07) is 7.91. The number of benzene rings is 1. The largest absolute Gasteiger partial charge is 0.497 e. The fourth-order valence-corrected chi connectivity index (χ4v) is 3.15. The maximum absolute atomic E-state index is 9.46. The van der Waals surface area contributed by atoms with Gasteiger partial charge < -0.3 is 15.2 Å². The van der Waals surface area contributed by atoms with Crippen LogP contribution < -0.4 is 10.1 Å². The molecule has 0 aliphatic carbocycles. The van der Waals surface area contributed by atoms with Gasteiger partial charge >= 0.3 is 0 Å². The van der Waals surface area contributed by atoms with E-state index >= 15 is 0 Å². The van der Waals surface area contributed by atoms with Crippen LogP contribution in [0.5, 0.6) is 5.75 Å². The summed E-state index contributed by atoms with van der Waals surface area (Å²) >= 11 is 1.58. The molecule has 0 saturated carbocycles. The van der Waals surface area contributed by atoms with Crippen LogP contribution in [0, 0.1) is 0 Å². The van der Waals surface area contributed by atoms with Crippen molar-refractivity contribution >= 4 is 27.4 Å². The zero-order valence-electron chi connectivity index (χ0n) is 12.4. The number of aromatic nitrogens is 2. The first-order valence-electron chi connectivity index (χ1n) is 6.97. The Hall–Kier alpha value is -2.18. The van der Waals surface area contributed by atoms with Crippen LogP contribution in [0.25, 0.3) is 21.3 Å². The SMILES string of the molecule is COc1ccc(-c2csc3ncnc(NCC(C)O)c23)cc1. The van der Waals surface area contributed by atoms with Gasteiger partial charge in [0, 0.05) is 17.5 Å². The molecule has 6 heteroatoms. The van der Waals surface area contributed by atoms with Crippen molar-refractivity contribution < 1.29 is 9.84 Å². The van der Waals surface area contributed by atoms with Gasteiger partial charge in [-0.3, -0.25) is 0 Å². The van der Waals surface area contributed by atoms with E-state index < -0.39 is 6.10 Å². The van der Waals surface area contributed by atoms with Crippen LogP contribution in [-0.4, -0.2) is 34.8 Å². The van der Waals surface area contributed by atoms with E-state index in [-0.39, 0.29) is 0 Å². The molecule has 3 aromatic rings. The number of hydrogen-bond donors (Lipinski definition) is 2. The van der Waals surface area contributed by atoms with Gasteiger partial charge in [0.05, 0.1) is 18.6 Å². The minimum atomic E-state index is -0.437. The maximum Gasteiger partial charge on any atom is 0.138 e. The molecule has 0 aliphatic heterocycles. The molecule has 2 heterocycles. The molecule has 114 valence electrons. The van der Waals surface area contributed by atoms with Crippen LogP contribution in [0.15, 0.2) is 36.0 Å². The molecule has 1 atom stereocenters. The quantitative estimate of drug-likeness (QED) is 0.757. The first kappa shape index (κ1) is 14.7. The highest BCUT2D eigenvalue weighted by atomic mass is 32.1. The van der Waals surface area contributed by atoms with Crippen molar-refractivity contribution in [3.63, 3.8) is 0 Å². The van der Waals surface area contributed by atoms with E-state index in [2.05, 4.69) is 20.7 Å². The van der Waals surface area contributed by atoms with Crippen molar-refractivity contribution in [1.82, 2.24) is 9.97 Å². The van der Waals surface area contributed by atoms with E-state index in [1.54, 1.807) is 31.7 Å². The highest BCUT2D eigenvalue weighted by molar-refractivity contribution is 7.17. The number of nitrogens with one attached hydrogen (secondary N) is 1. The molecular weight excluding hydrogens is 298 g/mol. The fraction of sp³-hybridized carbons (Fsp3) is 0.250. The van der Waals surface area contributed by atoms with Crippen molar-refractivity contribution in [1.29, 1.82) is 0 Å². The van der Waals surface area contributed by atoms with Gasteiger partial charge in [-0.2, -0.15) is 0 Å². The topological polar surface area (TPSA) is 67.3 Å². The number of ether oxygens (including phenoxy) is 1. The molecule has 2 aromatic heterocycles. The predicted molar refractivity (Wildman–Crippen MR) is 89.6 cm³/mol. The zero-order valence-corrected chi connectivity index (χ0v) is 13.2. The summed E-state index contributed by atoms with van der Waals surface area (Å²) in [5, 5.41) is 15.7. The number of methoxy groups -OCH3 is 1. The predicted octanol–water partition coefficient (Wildman–Crippen LogP) is 3.16. The second kappa shape index (κ2) is 6.29. The van der Waals surface area contributed by atoms with Gasteiger partial charge in [-0.05, 0) is 24.6 Å². The molecule has 1 unspecified atom stereocenters. The van der Waals surface area contributed by atoms with Gasteiger partial charge in [0.15, 0.2) is 0 Å². The number of aliphatic hydroxyl groups excluding tert-OH is 1. The minimum absolute atomic E-state index is 0.437. The standard InChI is InChI=1S/C16H17N3O2S/c1-10(20)7-17-15-14-13(8-22-16(14)19-9-18-15)11-3-5-12(21-2)6-4-11/h3-6,8-10,20H,7H2,1-2H3,(H,17,18,19). The normalized spacial score (nSPS) is 12.3. The van der Waals surface area contributed by atoms with E-state index in [0.29, 0.717) is 6.54 Å². The number of hydrogen-bond acceptors (Lipinski definition) is 6. The van der Waals surface area contributed by atoms with Gasteiger partial charge in [0.2, 0.25) is 0 Å². The lowest BCUT2D eigenvalue weighted by molar-refractivity contribution is 0.208. The summed E-state index contributed by atoms with van der Waals surface area (Å²) < 4.78 is 5.20. The third-order valence-electron chi connectivity index (χ3n) is 3.34. The molecule has 0 bridgehead atoms. The lowest BCUT2D eigenvalue weighted by atomic mass is 10.1. The molecule has 22 heavy (non-hydrogen) atoms. The smallest absolute Gasteiger partial charge is 0.138 e. The van der Waals surface area contributed by atoms with Crippen molar-refractivity contribution in [2.75, 3.05) is 19.0 Å². The number of rotatable bonds is 5. The van der Waals surface area contributed by atoms with E-state index in [9.17, 15) is 5.11 Å². The highest BCUT2D eigenvalue weighted by Gasteiger charge is 2.13. The Morgan fingerprint density at radius 2 is 2.05 bits per heavy atom. The number of nitrogens with zero attached hydrogens (tertiary/aromatic N) is 2. The Balaban J connectivity index is 2.05. The van der Waals surface area contributed by atoms with E-state index in [1.807, 2.05) is 24.3 Å². The summed E-state index contributed by atoms with van der Waals surface area (Å²) in [6.45, 7) is 2.19. The van der Waals surface area contributed by atoms with E-state index in [4.69, 9.17) is 4.74 Å². The van der Waals surface area contributed by atoms with Crippen LogP contribution in [-0.2, 0) is 0 Å². The maximum atomic E-state index is 9.46. The van der Waals surface area contributed by atoms with Crippen LogP contribution in [0.4, 0.5) is 5.82 Å². The minimum Gasteiger partial charge on any atom is -0.497 e. The summed E-state index contributed by atoms with van der Waals surface area (Å²) in [4.78, 5) is 9.57. The third kappa shape index (κ3) is 2.88. The first-order valence-corrected chi connectivity index (χ1v) is 7.85. The number of thiophene rings is 1.